The fourth-order valence-electron chi connectivity index (χ4n) is 2.43. The summed E-state index contributed by atoms with van der Waals surface area (Å²) in [6.45, 7) is 7.78. The van der Waals surface area contributed by atoms with Gasteiger partial charge >= 0.3 is 0 Å². The van der Waals surface area contributed by atoms with E-state index in [0.29, 0.717) is 5.41 Å². The summed E-state index contributed by atoms with van der Waals surface area (Å²) in [4.78, 5) is 0. The highest BCUT2D eigenvalue weighted by atomic mass is 32.2. The van der Waals surface area contributed by atoms with Crippen LogP contribution in [0.5, 0.6) is 0 Å². The number of hydrogen-bond acceptors (Lipinski definition) is 2. The van der Waals surface area contributed by atoms with E-state index in [1.54, 1.807) is 0 Å². The molecule has 1 aliphatic rings. The van der Waals surface area contributed by atoms with E-state index < -0.39 is 0 Å². The average molecular weight is 243 g/mol. The molecule has 96 valence electrons. The molecule has 0 aromatic carbocycles. The minimum Gasteiger partial charge on any atom is -0.330 e. The lowest BCUT2D eigenvalue weighted by Gasteiger charge is -2.27. The average Bonchev–Trinajstić information content (AvgIpc) is 2.25. The zero-order valence-corrected chi connectivity index (χ0v) is 12.1. The molecule has 0 aliphatic heterocycles. The second-order valence-corrected chi connectivity index (χ2v) is 7.64. The van der Waals surface area contributed by atoms with Gasteiger partial charge in [-0.1, -0.05) is 33.6 Å². The Hall–Kier alpha value is 0.310. The molecule has 0 aromatic heterocycles. The lowest BCUT2D eigenvalue weighted by atomic mass is 9.88. The Morgan fingerprint density at radius 1 is 1.31 bits per heavy atom. The van der Waals surface area contributed by atoms with E-state index in [0.717, 1.165) is 17.7 Å². The van der Waals surface area contributed by atoms with Crippen LogP contribution in [0.25, 0.3) is 0 Å². The van der Waals surface area contributed by atoms with Gasteiger partial charge in [0.15, 0.2) is 0 Å². The third-order valence-corrected chi connectivity index (χ3v) is 5.22. The third kappa shape index (κ3) is 5.58. The first kappa shape index (κ1) is 14.4. The molecule has 2 N–H and O–H groups in total. The Balaban J connectivity index is 2.06. The maximum Gasteiger partial charge on any atom is 0.00495 e. The molecule has 1 fully saturated rings. The fraction of sp³-hybridized carbons (Fsp3) is 1.00. The third-order valence-electron chi connectivity index (χ3n) is 3.79. The Morgan fingerprint density at radius 3 is 2.69 bits per heavy atom. The molecule has 16 heavy (non-hydrogen) atoms. The first-order valence-corrected chi connectivity index (χ1v) is 7.90. The van der Waals surface area contributed by atoms with Crippen molar-refractivity contribution in [2.24, 2.45) is 17.1 Å². The second-order valence-electron chi connectivity index (χ2n) is 6.24. The summed E-state index contributed by atoms with van der Waals surface area (Å²) in [5, 5.41) is 0.949. The molecule has 2 unspecified atom stereocenters. The molecule has 0 amide bonds. The maximum absolute atomic E-state index is 5.74. The summed E-state index contributed by atoms with van der Waals surface area (Å²) in [5.74, 6) is 2.30. The molecule has 0 saturated heterocycles. The van der Waals surface area contributed by atoms with Crippen molar-refractivity contribution in [3.63, 3.8) is 0 Å². The van der Waals surface area contributed by atoms with E-state index in [-0.39, 0.29) is 0 Å². The SMILES string of the molecule is CC1CCCC(SCCCC(C)(C)CN)C1. The van der Waals surface area contributed by atoms with Crippen LogP contribution in [0, 0.1) is 11.3 Å². The smallest absolute Gasteiger partial charge is 0.00495 e. The molecule has 0 heterocycles. The second kappa shape index (κ2) is 6.90. The first-order chi connectivity index (χ1) is 7.53. The Labute approximate surface area is 106 Å². The molecular weight excluding hydrogens is 214 g/mol. The minimum absolute atomic E-state index is 0.348. The van der Waals surface area contributed by atoms with Gasteiger partial charge in [-0.05, 0) is 49.3 Å². The van der Waals surface area contributed by atoms with Crippen molar-refractivity contribution in [3.05, 3.63) is 0 Å². The van der Waals surface area contributed by atoms with Crippen LogP contribution in [0.3, 0.4) is 0 Å². The van der Waals surface area contributed by atoms with Gasteiger partial charge < -0.3 is 5.73 Å². The molecule has 2 heteroatoms. The van der Waals surface area contributed by atoms with Crippen LogP contribution in [0.15, 0.2) is 0 Å². The van der Waals surface area contributed by atoms with Crippen molar-refractivity contribution in [1.29, 1.82) is 0 Å². The lowest BCUT2D eigenvalue weighted by Crippen LogP contribution is -2.23. The zero-order chi connectivity index (χ0) is 12.0. The number of hydrogen-bond donors (Lipinski definition) is 1. The highest BCUT2D eigenvalue weighted by Crippen LogP contribution is 2.33. The van der Waals surface area contributed by atoms with Crippen molar-refractivity contribution in [3.8, 4) is 0 Å². The van der Waals surface area contributed by atoms with Gasteiger partial charge in [-0.25, -0.2) is 0 Å². The molecule has 0 aromatic rings. The molecule has 1 saturated carbocycles. The van der Waals surface area contributed by atoms with Crippen LogP contribution in [0.2, 0.25) is 0 Å². The minimum atomic E-state index is 0.348. The van der Waals surface area contributed by atoms with E-state index in [1.165, 1.54) is 44.3 Å². The summed E-state index contributed by atoms with van der Waals surface area (Å²) < 4.78 is 0. The summed E-state index contributed by atoms with van der Waals surface area (Å²) >= 11 is 2.21. The van der Waals surface area contributed by atoms with E-state index in [9.17, 15) is 0 Å². The first-order valence-electron chi connectivity index (χ1n) is 6.85. The van der Waals surface area contributed by atoms with Gasteiger partial charge in [0.25, 0.3) is 0 Å². The molecule has 0 spiro atoms. The monoisotopic (exact) mass is 243 g/mol. The van der Waals surface area contributed by atoms with Crippen LogP contribution in [0.4, 0.5) is 0 Å². The topological polar surface area (TPSA) is 26.0 Å². The molecule has 2 atom stereocenters. The molecule has 1 aliphatic carbocycles. The van der Waals surface area contributed by atoms with Crippen LogP contribution in [-0.2, 0) is 0 Å². The summed E-state index contributed by atoms with van der Waals surface area (Å²) in [5.41, 5.74) is 6.09. The van der Waals surface area contributed by atoms with Gasteiger partial charge in [0.2, 0.25) is 0 Å². The van der Waals surface area contributed by atoms with Gasteiger partial charge in [0.05, 0.1) is 0 Å². The zero-order valence-electron chi connectivity index (χ0n) is 11.3. The molecule has 0 radical (unpaired) electrons. The van der Waals surface area contributed by atoms with E-state index in [4.69, 9.17) is 5.73 Å². The van der Waals surface area contributed by atoms with Crippen LogP contribution >= 0.6 is 11.8 Å². The normalized spacial score (nSPS) is 27.0. The Morgan fingerprint density at radius 2 is 2.06 bits per heavy atom. The predicted molar refractivity (Wildman–Crippen MR) is 75.9 cm³/mol. The lowest BCUT2D eigenvalue weighted by molar-refractivity contribution is 0.344. The van der Waals surface area contributed by atoms with E-state index in [2.05, 4.69) is 32.5 Å². The van der Waals surface area contributed by atoms with Crippen molar-refractivity contribution >= 4 is 11.8 Å². The van der Waals surface area contributed by atoms with Gasteiger partial charge in [-0.15, -0.1) is 0 Å². The Bertz CT molecular complexity index is 191. The van der Waals surface area contributed by atoms with E-state index in [1.807, 2.05) is 0 Å². The highest BCUT2D eigenvalue weighted by Gasteiger charge is 2.19. The quantitative estimate of drug-likeness (QED) is 0.712. The number of thioether (sulfide) groups is 1. The molecule has 0 bridgehead atoms. The van der Waals surface area contributed by atoms with Crippen molar-refractivity contribution in [2.45, 2.75) is 64.5 Å². The molecule has 1 nitrogen and oxygen atoms in total. The van der Waals surface area contributed by atoms with Gasteiger partial charge in [-0.2, -0.15) is 11.8 Å². The predicted octanol–water partition coefficient (Wildman–Crippen LogP) is 4.06. The van der Waals surface area contributed by atoms with Crippen LogP contribution < -0.4 is 5.73 Å². The van der Waals surface area contributed by atoms with Gasteiger partial charge in [0, 0.05) is 5.25 Å². The standard InChI is InChI=1S/C14H29NS/c1-12-6-4-7-13(10-12)16-9-5-8-14(2,3)11-15/h12-13H,4-11,15H2,1-3H3. The van der Waals surface area contributed by atoms with Crippen LogP contribution in [-0.4, -0.2) is 17.5 Å². The fourth-order valence-corrected chi connectivity index (χ4v) is 3.87. The largest absolute Gasteiger partial charge is 0.330 e. The maximum atomic E-state index is 5.74. The van der Waals surface area contributed by atoms with Gasteiger partial charge in [0.1, 0.15) is 0 Å². The number of nitrogens with two attached hydrogens (primary N) is 1. The summed E-state index contributed by atoms with van der Waals surface area (Å²) in [6.07, 6.45) is 8.42. The van der Waals surface area contributed by atoms with Crippen molar-refractivity contribution < 1.29 is 0 Å². The van der Waals surface area contributed by atoms with Crippen molar-refractivity contribution in [2.75, 3.05) is 12.3 Å². The van der Waals surface area contributed by atoms with E-state index >= 15 is 0 Å². The summed E-state index contributed by atoms with van der Waals surface area (Å²) in [6, 6.07) is 0. The van der Waals surface area contributed by atoms with Crippen LogP contribution in [0.1, 0.15) is 59.3 Å². The summed E-state index contributed by atoms with van der Waals surface area (Å²) in [7, 11) is 0. The van der Waals surface area contributed by atoms with Gasteiger partial charge in [-0.3, -0.25) is 0 Å². The molecule has 1 rings (SSSR count). The Kier molecular flexibility index (Phi) is 6.20. The van der Waals surface area contributed by atoms with Crippen molar-refractivity contribution in [1.82, 2.24) is 0 Å². The number of rotatable bonds is 6. The highest BCUT2D eigenvalue weighted by molar-refractivity contribution is 7.99. The molecular formula is C14H29NS.